The lowest BCUT2D eigenvalue weighted by molar-refractivity contribution is -0.173. The first-order valence-electron chi connectivity index (χ1n) is 16.4. The molecule has 3 nitrogen and oxygen atoms in total. The van der Waals surface area contributed by atoms with Gasteiger partial charge in [-0.1, -0.05) is 79.7 Å². The summed E-state index contributed by atoms with van der Waals surface area (Å²) in [6.07, 6.45) is 10.4. The molecule has 3 atom stereocenters. The molecule has 1 aromatic rings. The van der Waals surface area contributed by atoms with Gasteiger partial charge in [-0.15, -0.1) is 0 Å². The minimum atomic E-state index is -1.90. The number of fused-ring (bicyclic) bond motifs is 2. The van der Waals surface area contributed by atoms with Crippen molar-refractivity contribution in [1.29, 1.82) is 0 Å². The fourth-order valence-electron chi connectivity index (χ4n) is 6.45. The Morgan fingerprint density at radius 1 is 0.829 bits per heavy atom. The lowest BCUT2D eigenvalue weighted by atomic mass is 9.75. The highest BCUT2D eigenvalue weighted by Gasteiger charge is 2.57. The molecule has 0 aromatic heterocycles. The van der Waals surface area contributed by atoms with Crippen LogP contribution < -0.4 is 0 Å². The molecule has 0 spiro atoms. The van der Waals surface area contributed by atoms with Crippen LogP contribution in [0.5, 0.6) is 0 Å². The van der Waals surface area contributed by atoms with Gasteiger partial charge in [0.2, 0.25) is 0 Å². The van der Waals surface area contributed by atoms with Crippen molar-refractivity contribution in [2.45, 2.75) is 161 Å². The van der Waals surface area contributed by atoms with Crippen molar-refractivity contribution in [2.24, 2.45) is 5.41 Å². The molecule has 0 unspecified atom stereocenters. The van der Waals surface area contributed by atoms with Gasteiger partial charge >= 0.3 is 0 Å². The van der Waals surface area contributed by atoms with E-state index in [9.17, 15) is 0 Å². The average Bonchev–Trinajstić information content (AvgIpc) is 3.11. The van der Waals surface area contributed by atoms with E-state index in [2.05, 4.69) is 113 Å². The first-order chi connectivity index (χ1) is 18.6. The summed E-state index contributed by atoms with van der Waals surface area (Å²) in [5.74, 6) is 0.456. The Morgan fingerprint density at radius 2 is 1.34 bits per heavy atom. The van der Waals surface area contributed by atoms with Crippen LogP contribution in [0.15, 0.2) is 24.3 Å². The summed E-state index contributed by atoms with van der Waals surface area (Å²) in [6.45, 7) is 32.0. The molecule has 0 saturated carbocycles. The summed E-state index contributed by atoms with van der Waals surface area (Å²) in [5.41, 5.74) is 5.86. The van der Waals surface area contributed by atoms with E-state index in [-0.39, 0.29) is 21.3 Å². The molecule has 0 radical (unpaired) electrons. The second-order valence-electron chi connectivity index (χ2n) is 17.8. The number of allylic oxidation sites excluding steroid dienone is 2. The van der Waals surface area contributed by atoms with Crippen molar-refractivity contribution >= 4 is 22.2 Å². The number of hydrogen-bond donors (Lipinski definition) is 0. The zero-order chi connectivity index (χ0) is 30.7. The summed E-state index contributed by atoms with van der Waals surface area (Å²) < 4.78 is 21.0. The van der Waals surface area contributed by atoms with E-state index >= 15 is 0 Å². The quantitative estimate of drug-likeness (QED) is 0.279. The van der Waals surface area contributed by atoms with Crippen LogP contribution in [0.2, 0.25) is 36.3 Å². The molecule has 232 valence electrons. The molecule has 0 amide bonds. The summed E-state index contributed by atoms with van der Waals surface area (Å²) in [7, 11) is -3.79. The van der Waals surface area contributed by atoms with Gasteiger partial charge in [-0.2, -0.15) is 0 Å². The second kappa shape index (κ2) is 11.0. The Labute approximate surface area is 255 Å². The molecule has 1 aliphatic carbocycles. The number of ether oxygens (including phenoxy) is 1. The molecule has 2 bridgehead atoms. The van der Waals surface area contributed by atoms with Crippen LogP contribution in [0, 0.1) is 12.3 Å². The van der Waals surface area contributed by atoms with Gasteiger partial charge < -0.3 is 13.6 Å². The van der Waals surface area contributed by atoms with Crippen LogP contribution in [0.1, 0.15) is 123 Å². The minimum Gasteiger partial charge on any atom is -0.414 e. The first-order valence-corrected chi connectivity index (χ1v) is 22.2. The summed E-state index contributed by atoms with van der Waals surface area (Å²) in [4.78, 5) is 0. The lowest BCUT2D eigenvalue weighted by Crippen LogP contribution is -2.53. The van der Waals surface area contributed by atoms with E-state index < -0.39 is 16.6 Å². The van der Waals surface area contributed by atoms with E-state index in [0.29, 0.717) is 24.5 Å². The number of benzene rings is 1. The van der Waals surface area contributed by atoms with Gasteiger partial charge in [-0.3, -0.25) is 0 Å². The predicted octanol–water partition coefficient (Wildman–Crippen LogP) is 10.8. The zero-order valence-corrected chi connectivity index (χ0v) is 31.0. The van der Waals surface area contributed by atoms with Gasteiger partial charge in [0.1, 0.15) is 0 Å². The van der Waals surface area contributed by atoms with Gasteiger partial charge in [0.15, 0.2) is 16.6 Å². The smallest absolute Gasteiger partial charge is 0.192 e. The Hall–Kier alpha value is -0.726. The molecule has 3 aliphatic rings. The van der Waals surface area contributed by atoms with Crippen LogP contribution >= 0.6 is 0 Å². The number of aryl methyl sites for hydroxylation is 1. The van der Waals surface area contributed by atoms with Crippen LogP contribution in [0.25, 0.3) is 5.57 Å². The molecule has 1 aromatic carbocycles. The van der Waals surface area contributed by atoms with E-state index in [1.807, 2.05) is 0 Å². The normalized spacial score (nSPS) is 29.0. The fraction of sp³-hybridized carbons (Fsp3) is 0.778. The maximum atomic E-state index is 7.22. The molecule has 0 N–H and O–H groups in total. The molecule has 4 rings (SSSR count). The van der Waals surface area contributed by atoms with Gasteiger partial charge in [-0.25, -0.2) is 0 Å². The average molecular weight is 599 g/mol. The van der Waals surface area contributed by atoms with Crippen molar-refractivity contribution in [2.75, 3.05) is 13.2 Å². The van der Waals surface area contributed by atoms with E-state index in [0.717, 1.165) is 25.7 Å². The molecule has 5 heteroatoms. The molecular weight excluding hydrogens is 537 g/mol. The van der Waals surface area contributed by atoms with Gasteiger partial charge in [0.05, 0.1) is 24.4 Å². The summed E-state index contributed by atoms with van der Waals surface area (Å²) >= 11 is 0. The van der Waals surface area contributed by atoms with Gasteiger partial charge in [-0.05, 0) is 122 Å². The third kappa shape index (κ3) is 7.16. The standard InChI is InChI=1S/C36H62O3Si2/c1-27-14-15-29(22-31(27)28-16-18-34(8,9)19-17-28)30-23-35(25-37-40(10,11)32(2,3)4)20-21-36(24-30,39-35)26-38-41(12,13)33(5,6)7/h14-16,22,30H,17-21,23-26H2,1-13H3/t30-,35-,36+. The van der Waals surface area contributed by atoms with Gasteiger partial charge in [0.25, 0.3) is 0 Å². The second-order valence-corrected chi connectivity index (χ2v) is 27.5. The van der Waals surface area contributed by atoms with Crippen LogP contribution in [-0.4, -0.2) is 41.1 Å². The first kappa shape index (κ1) is 33.2. The third-order valence-electron chi connectivity index (χ3n) is 11.8. The highest BCUT2D eigenvalue weighted by Crippen LogP contribution is 2.55. The van der Waals surface area contributed by atoms with E-state index in [1.165, 1.54) is 36.0 Å². The SMILES string of the molecule is Cc1ccc([C@@H]2C[C@@]3(CO[Si](C)(C)C(C)(C)C)CC[C@@](CO[Si](C)(C)C(C)(C)C)(C2)O3)cc1C1=CCC(C)(C)CC1. The van der Waals surface area contributed by atoms with E-state index in [1.54, 1.807) is 5.57 Å². The van der Waals surface area contributed by atoms with Crippen molar-refractivity contribution in [3.63, 3.8) is 0 Å². The molecule has 2 heterocycles. The monoisotopic (exact) mass is 598 g/mol. The van der Waals surface area contributed by atoms with Crippen LogP contribution in [0.4, 0.5) is 0 Å². The van der Waals surface area contributed by atoms with Crippen molar-refractivity contribution < 1.29 is 13.6 Å². The molecule has 2 aliphatic heterocycles. The van der Waals surface area contributed by atoms with Crippen LogP contribution in [-0.2, 0) is 13.6 Å². The number of rotatable bonds is 8. The Morgan fingerprint density at radius 3 is 1.78 bits per heavy atom. The maximum Gasteiger partial charge on any atom is 0.192 e. The Bertz CT molecular complexity index is 1090. The largest absolute Gasteiger partial charge is 0.414 e. The summed E-state index contributed by atoms with van der Waals surface area (Å²) in [5, 5.41) is 0.375. The number of hydrogen-bond acceptors (Lipinski definition) is 3. The lowest BCUT2D eigenvalue weighted by Gasteiger charge is -2.47. The molecule has 2 fully saturated rings. The molecule has 41 heavy (non-hydrogen) atoms. The predicted molar refractivity (Wildman–Crippen MR) is 181 cm³/mol. The summed E-state index contributed by atoms with van der Waals surface area (Å²) in [6, 6.07) is 7.33. The fourth-order valence-corrected chi connectivity index (χ4v) is 8.56. The Kier molecular flexibility index (Phi) is 8.91. The van der Waals surface area contributed by atoms with Crippen LogP contribution in [0.3, 0.4) is 0 Å². The third-order valence-corrected chi connectivity index (χ3v) is 20.7. The van der Waals surface area contributed by atoms with Gasteiger partial charge in [0, 0.05) is 0 Å². The Balaban J connectivity index is 1.65. The maximum absolute atomic E-state index is 7.22. The minimum absolute atomic E-state index is 0.187. The van der Waals surface area contributed by atoms with Crippen molar-refractivity contribution in [3.8, 4) is 0 Å². The highest BCUT2D eigenvalue weighted by molar-refractivity contribution is 6.74. The van der Waals surface area contributed by atoms with Crippen molar-refractivity contribution in [3.05, 3.63) is 41.0 Å². The molecule has 2 saturated heterocycles. The topological polar surface area (TPSA) is 27.7 Å². The molecular formula is C36H62O3Si2. The highest BCUT2D eigenvalue weighted by atomic mass is 28.4. The van der Waals surface area contributed by atoms with E-state index in [4.69, 9.17) is 13.6 Å². The zero-order valence-electron chi connectivity index (χ0n) is 29.0. The van der Waals surface area contributed by atoms with Crippen molar-refractivity contribution in [1.82, 2.24) is 0 Å².